The predicted octanol–water partition coefficient (Wildman–Crippen LogP) is 1.71. The number of carbonyl (C=O) groups excluding carboxylic acids is 2. The minimum absolute atomic E-state index is 0.181. The smallest absolute Gasteiger partial charge is 0.266 e. The fourth-order valence-electron chi connectivity index (χ4n) is 2.78. The molecule has 1 saturated heterocycles. The summed E-state index contributed by atoms with van der Waals surface area (Å²) in [5.74, 6) is -0.350. The van der Waals surface area contributed by atoms with Crippen molar-refractivity contribution in [3.8, 4) is 5.75 Å². The lowest BCUT2D eigenvalue weighted by molar-refractivity contribution is -0.132. The summed E-state index contributed by atoms with van der Waals surface area (Å²) in [5.41, 5.74) is 0.776. The largest absolute Gasteiger partial charge is 0.497 e. The van der Waals surface area contributed by atoms with E-state index >= 15 is 0 Å². The molecule has 10 heteroatoms. The van der Waals surface area contributed by atoms with Crippen LogP contribution >= 0.6 is 24.0 Å². The van der Waals surface area contributed by atoms with Crippen LogP contribution in [-0.4, -0.2) is 54.4 Å². The first kappa shape index (κ1) is 20.6. The minimum atomic E-state index is -3.28. The third-order valence-corrected chi connectivity index (χ3v) is 6.97. The van der Waals surface area contributed by atoms with Crippen molar-refractivity contribution < 1.29 is 22.7 Å². The molecular formula is C18H18N2O5S3. The summed E-state index contributed by atoms with van der Waals surface area (Å²) in [7, 11) is -1.72. The maximum atomic E-state index is 12.8. The van der Waals surface area contributed by atoms with E-state index in [9.17, 15) is 18.0 Å². The standard InChI is InChI=1S/C18H18N2O5S3/c1-11(16(21)19-13-6-7-28(23,24)10-13)20-17(22)15(27-18(20)26)9-12-4-3-5-14(8-12)25-2/h3-9,11,13H,10H2,1-2H3,(H,19,21)/b15-9+/t11-,13-/m0/s1. The predicted molar refractivity (Wildman–Crippen MR) is 112 cm³/mol. The Kier molecular flexibility index (Phi) is 5.92. The second-order valence-electron chi connectivity index (χ2n) is 6.28. The van der Waals surface area contributed by atoms with Gasteiger partial charge in [0.15, 0.2) is 9.84 Å². The molecule has 0 saturated carbocycles. The number of carbonyl (C=O) groups is 2. The molecule has 7 nitrogen and oxygen atoms in total. The molecule has 0 bridgehead atoms. The van der Waals surface area contributed by atoms with Gasteiger partial charge < -0.3 is 10.1 Å². The van der Waals surface area contributed by atoms with E-state index in [-0.39, 0.29) is 16.0 Å². The number of thiocarbonyl (C=S) groups is 1. The molecule has 2 amide bonds. The number of rotatable bonds is 5. The van der Waals surface area contributed by atoms with Gasteiger partial charge in [-0.2, -0.15) is 0 Å². The molecule has 148 valence electrons. The van der Waals surface area contributed by atoms with E-state index in [2.05, 4.69) is 5.32 Å². The number of ether oxygens (including phenoxy) is 1. The Morgan fingerprint density at radius 2 is 2.21 bits per heavy atom. The Labute approximate surface area is 172 Å². The normalized spacial score (nSPS) is 23.3. The summed E-state index contributed by atoms with van der Waals surface area (Å²) in [6.07, 6.45) is 3.12. The molecule has 28 heavy (non-hydrogen) atoms. The van der Waals surface area contributed by atoms with E-state index in [0.29, 0.717) is 10.7 Å². The van der Waals surface area contributed by atoms with Gasteiger partial charge in [0.1, 0.15) is 16.1 Å². The molecule has 0 unspecified atom stereocenters. The van der Waals surface area contributed by atoms with Crippen LogP contribution in [0.15, 0.2) is 40.7 Å². The third-order valence-electron chi connectivity index (χ3n) is 4.24. The van der Waals surface area contributed by atoms with Crippen molar-refractivity contribution in [2.75, 3.05) is 12.9 Å². The second-order valence-corrected chi connectivity index (χ2v) is 9.88. The van der Waals surface area contributed by atoms with Gasteiger partial charge in [0.2, 0.25) is 5.91 Å². The van der Waals surface area contributed by atoms with Gasteiger partial charge in [0.05, 0.1) is 23.8 Å². The van der Waals surface area contributed by atoms with Crippen molar-refractivity contribution >= 4 is 56.0 Å². The van der Waals surface area contributed by atoms with Crippen LogP contribution in [0.5, 0.6) is 5.75 Å². The molecule has 2 atom stereocenters. The molecule has 0 aromatic heterocycles. The average molecular weight is 439 g/mol. The van der Waals surface area contributed by atoms with Crippen molar-refractivity contribution in [3.63, 3.8) is 0 Å². The average Bonchev–Trinajstić information content (AvgIpc) is 3.12. The monoisotopic (exact) mass is 438 g/mol. The number of amides is 2. The Hall–Kier alpha value is -2.17. The molecule has 2 aliphatic heterocycles. The maximum absolute atomic E-state index is 12.8. The summed E-state index contributed by atoms with van der Waals surface area (Å²) in [6, 6.07) is 5.76. The fraction of sp³-hybridized carbons (Fsp3) is 0.278. The topological polar surface area (TPSA) is 92.8 Å². The van der Waals surface area contributed by atoms with Crippen molar-refractivity contribution in [2.45, 2.75) is 19.0 Å². The first-order chi connectivity index (χ1) is 13.2. The zero-order chi connectivity index (χ0) is 20.5. The summed E-state index contributed by atoms with van der Waals surface area (Å²) in [5, 5.41) is 3.71. The van der Waals surface area contributed by atoms with Crippen LogP contribution in [0.25, 0.3) is 6.08 Å². The van der Waals surface area contributed by atoms with Gasteiger partial charge >= 0.3 is 0 Å². The van der Waals surface area contributed by atoms with Gasteiger partial charge in [0, 0.05) is 5.41 Å². The van der Waals surface area contributed by atoms with Gasteiger partial charge in [-0.25, -0.2) is 8.42 Å². The molecule has 2 heterocycles. The van der Waals surface area contributed by atoms with E-state index in [1.807, 2.05) is 12.1 Å². The molecule has 1 aromatic rings. The number of nitrogens with zero attached hydrogens (tertiary/aromatic N) is 1. The lowest BCUT2D eigenvalue weighted by Gasteiger charge is -2.23. The van der Waals surface area contributed by atoms with Crippen LogP contribution in [0.3, 0.4) is 0 Å². The second kappa shape index (κ2) is 8.06. The minimum Gasteiger partial charge on any atom is -0.497 e. The van der Waals surface area contributed by atoms with Gasteiger partial charge in [-0.05, 0) is 36.8 Å². The first-order valence-corrected chi connectivity index (χ1v) is 11.3. The quantitative estimate of drug-likeness (QED) is 0.553. The fourth-order valence-corrected chi connectivity index (χ4v) is 5.44. The van der Waals surface area contributed by atoms with E-state index in [0.717, 1.165) is 22.7 Å². The summed E-state index contributed by atoms with van der Waals surface area (Å²) in [4.78, 5) is 26.9. The van der Waals surface area contributed by atoms with Gasteiger partial charge in [-0.1, -0.05) is 36.1 Å². The summed E-state index contributed by atoms with van der Waals surface area (Å²) in [6.45, 7) is 1.56. The molecule has 2 aliphatic rings. The van der Waals surface area contributed by atoms with Crippen LogP contribution in [0.4, 0.5) is 0 Å². The molecule has 0 spiro atoms. The van der Waals surface area contributed by atoms with Crippen molar-refractivity contribution in [1.29, 1.82) is 0 Å². The Bertz CT molecular complexity index is 1000. The zero-order valence-corrected chi connectivity index (χ0v) is 17.6. The van der Waals surface area contributed by atoms with Crippen molar-refractivity contribution in [3.05, 3.63) is 46.2 Å². The number of hydrogen-bond donors (Lipinski definition) is 1. The van der Waals surface area contributed by atoms with Crippen LogP contribution < -0.4 is 10.1 Å². The van der Waals surface area contributed by atoms with E-state index in [1.165, 1.54) is 11.0 Å². The number of thioether (sulfide) groups is 1. The molecule has 1 aromatic carbocycles. The Morgan fingerprint density at radius 1 is 1.46 bits per heavy atom. The van der Waals surface area contributed by atoms with Crippen LogP contribution in [0, 0.1) is 0 Å². The maximum Gasteiger partial charge on any atom is 0.266 e. The Balaban J connectivity index is 1.73. The summed E-state index contributed by atoms with van der Waals surface area (Å²) < 4.78 is 28.4. The number of nitrogens with one attached hydrogen (secondary N) is 1. The highest BCUT2D eigenvalue weighted by Gasteiger charge is 2.39. The molecule has 1 fully saturated rings. The van der Waals surface area contributed by atoms with Crippen LogP contribution in [0.2, 0.25) is 0 Å². The number of sulfone groups is 1. The highest BCUT2D eigenvalue weighted by molar-refractivity contribution is 8.26. The zero-order valence-electron chi connectivity index (χ0n) is 15.1. The van der Waals surface area contributed by atoms with Gasteiger partial charge in [0.25, 0.3) is 5.91 Å². The van der Waals surface area contributed by atoms with Crippen molar-refractivity contribution in [1.82, 2.24) is 10.2 Å². The lowest BCUT2D eigenvalue weighted by atomic mass is 10.2. The van der Waals surface area contributed by atoms with Crippen molar-refractivity contribution in [2.24, 2.45) is 0 Å². The number of benzene rings is 1. The molecule has 0 aliphatic carbocycles. The molecule has 3 rings (SSSR count). The third kappa shape index (κ3) is 4.45. The lowest BCUT2D eigenvalue weighted by Crippen LogP contribution is -2.49. The highest BCUT2D eigenvalue weighted by Crippen LogP contribution is 2.34. The molecular weight excluding hydrogens is 420 g/mol. The SMILES string of the molecule is COc1cccc(/C=C2/SC(=S)N([C@@H](C)C(=O)N[C@H]3C=CS(=O)(=O)C3)C2=O)c1. The van der Waals surface area contributed by atoms with Gasteiger partial charge in [-0.15, -0.1) is 0 Å². The first-order valence-electron chi connectivity index (χ1n) is 8.32. The molecule has 1 N–H and O–H groups in total. The van der Waals surface area contributed by atoms with E-state index in [4.69, 9.17) is 17.0 Å². The Morgan fingerprint density at radius 3 is 2.86 bits per heavy atom. The number of methoxy groups -OCH3 is 1. The van der Waals surface area contributed by atoms with E-state index < -0.39 is 27.8 Å². The van der Waals surface area contributed by atoms with Crippen LogP contribution in [0.1, 0.15) is 12.5 Å². The van der Waals surface area contributed by atoms with E-state index in [1.54, 1.807) is 32.2 Å². The van der Waals surface area contributed by atoms with Gasteiger partial charge in [-0.3, -0.25) is 14.5 Å². The highest BCUT2D eigenvalue weighted by atomic mass is 32.2. The summed E-state index contributed by atoms with van der Waals surface area (Å²) >= 11 is 6.40. The number of hydrogen-bond acceptors (Lipinski definition) is 7. The van der Waals surface area contributed by atoms with Crippen LogP contribution in [-0.2, 0) is 19.4 Å². The molecule has 0 radical (unpaired) electrons.